The van der Waals surface area contributed by atoms with Gasteiger partial charge in [0, 0.05) is 0 Å². The number of hydrogen-bond donors (Lipinski definition) is 1. The highest BCUT2D eigenvalue weighted by Crippen LogP contribution is 2.52. The SMILES string of the molecule is C#CCNC(=O)C1=CSC(=C2SC=CS2)S1. The van der Waals surface area contributed by atoms with Gasteiger partial charge in [-0.2, -0.15) is 0 Å². The van der Waals surface area contributed by atoms with E-state index in [2.05, 4.69) is 11.2 Å². The van der Waals surface area contributed by atoms with Crippen molar-refractivity contribution in [2.45, 2.75) is 0 Å². The van der Waals surface area contributed by atoms with Crippen LogP contribution in [0, 0.1) is 12.3 Å². The summed E-state index contributed by atoms with van der Waals surface area (Å²) in [5.41, 5.74) is 0. The largest absolute Gasteiger partial charge is 0.341 e. The maximum Gasteiger partial charge on any atom is 0.259 e. The molecule has 2 aliphatic rings. The average molecular weight is 285 g/mol. The van der Waals surface area contributed by atoms with Crippen LogP contribution in [0.4, 0.5) is 0 Å². The van der Waals surface area contributed by atoms with Gasteiger partial charge in [-0.05, 0) is 16.2 Å². The van der Waals surface area contributed by atoms with Crippen molar-refractivity contribution >= 4 is 53.0 Å². The summed E-state index contributed by atoms with van der Waals surface area (Å²) >= 11 is 6.49. The second-order valence-corrected chi connectivity index (χ2v) is 6.95. The van der Waals surface area contributed by atoms with E-state index in [-0.39, 0.29) is 12.5 Å². The van der Waals surface area contributed by atoms with E-state index < -0.39 is 0 Å². The highest BCUT2D eigenvalue weighted by atomic mass is 32.2. The zero-order valence-corrected chi connectivity index (χ0v) is 11.3. The lowest BCUT2D eigenvalue weighted by molar-refractivity contribution is -0.116. The van der Waals surface area contributed by atoms with Gasteiger partial charge in [0.05, 0.1) is 19.9 Å². The van der Waals surface area contributed by atoms with Crippen LogP contribution in [0.15, 0.2) is 29.6 Å². The van der Waals surface area contributed by atoms with E-state index in [9.17, 15) is 4.79 Å². The van der Waals surface area contributed by atoms with Gasteiger partial charge in [-0.1, -0.05) is 53.0 Å². The Kier molecular flexibility index (Phi) is 4.41. The molecule has 0 aliphatic carbocycles. The van der Waals surface area contributed by atoms with E-state index in [1.54, 1.807) is 35.3 Å². The van der Waals surface area contributed by atoms with Crippen LogP contribution in [0.3, 0.4) is 0 Å². The third-order valence-corrected chi connectivity index (χ3v) is 6.64. The van der Waals surface area contributed by atoms with Crippen molar-refractivity contribution in [2.75, 3.05) is 6.54 Å². The van der Waals surface area contributed by atoms with Crippen molar-refractivity contribution in [1.29, 1.82) is 0 Å². The molecule has 0 aromatic heterocycles. The summed E-state index contributed by atoms with van der Waals surface area (Å²) < 4.78 is 2.41. The quantitative estimate of drug-likeness (QED) is 0.787. The molecular weight excluding hydrogens is 278 g/mol. The molecule has 0 aromatic rings. The lowest BCUT2D eigenvalue weighted by Gasteiger charge is -2.02. The first-order valence-corrected chi connectivity index (χ1v) is 7.76. The molecule has 0 saturated carbocycles. The smallest absolute Gasteiger partial charge is 0.259 e. The second-order valence-electron chi connectivity index (χ2n) is 2.67. The van der Waals surface area contributed by atoms with Gasteiger partial charge < -0.3 is 5.32 Å². The molecule has 0 saturated heterocycles. The number of rotatable bonds is 2. The number of carbonyl (C=O) groups is 1. The predicted octanol–water partition coefficient (Wildman–Crippen LogP) is 3.14. The molecule has 2 rings (SSSR count). The minimum absolute atomic E-state index is 0.0907. The lowest BCUT2D eigenvalue weighted by Crippen LogP contribution is -2.23. The molecule has 82 valence electrons. The zero-order chi connectivity index (χ0) is 11.4. The van der Waals surface area contributed by atoms with E-state index in [0.717, 1.165) is 4.91 Å². The van der Waals surface area contributed by atoms with Crippen LogP contribution >= 0.6 is 47.0 Å². The standard InChI is InChI=1S/C10H7NOS4/c1-2-3-11-8(12)7-6-15-10(16-7)9-13-4-5-14-9/h1,4-6H,3H2,(H,11,12). The third kappa shape index (κ3) is 2.86. The van der Waals surface area contributed by atoms with Gasteiger partial charge >= 0.3 is 0 Å². The number of terminal acetylenes is 1. The topological polar surface area (TPSA) is 29.1 Å². The molecule has 0 spiro atoms. The van der Waals surface area contributed by atoms with E-state index in [4.69, 9.17) is 6.42 Å². The minimum atomic E-state index is -0.0907. The maximum absolute atomic E-state index is 11.6. The minimum Gasteiger partial charge on any atom is -0.341 e. The molecular formula is C10H7NOS4. The van der Waals surface area contributed by atoms with Gasteiger partial charge in [-0.3, -0.25) is 4.79 Å². The van der Waals surface area contributed by atoms with Gasteiger partial charge in [0.2, 0.25) is 0 Å². The molecule has 0 atom stereocenters. The Labute approximate surface area is 111 Å². The van der Waals surface area contributed by atoms with Crippen LogP contribution in [0.25, 0.3) is 0 Å². The Hall–Kier alpha value is -0.350. The number of carbonyl (C=O) groups excluding carboxylic acids is 1. The molecule has 2 aliphatic heterocycles. The molecule has 16 heavy (non-hydrogen) atoms. The van der Waals surface area contributed by atoms with Crippen molar-refractivity contribution < 1.29 is 4.79 Å². The van der Waals surface area contributed by atoms with E-state index in [1.165, 1.54) is 20.2 Å². The lowest BCUT2D eigenvalue weighted by atomic mass is 10.5. The first-order chi connectivity index (χ1) is 7.81. The maximum atomic E-state index is 11.6. The van der Waals surface area contributed by atoms with E-state index in [0.29, 0.717) is 0 Å². The number of nitrogens with one attached hydrogen (secondary N) is 1. The van der Waals surface area contributed by atoms with Crippen LogP contribution < -0.4 is 5.32 Å². The van der Waals surface area contributed by atoms with Crippen LogP contribution in [-0.4, -0.2) is 12.5 Å². The highest BCUT2D eigenvalue weighted by Gasteiger charge is 2.22. The number of amides is 1. The average Bonchev–Trinajstić information content (AvgIpc) is 2.94. The van der Waals surface area contributed by atoms with Crippen LogP contribution in [0.5, 0.6) is 0 Å². The van der Waals surface area contributed by atoms with Crippen LogP contribution in [-0.2, 0) is 4.79 Å². The Morgan fingerprint density at radius 3 is 2.75 bits per heavy atom. The van der Waals surface area contributed by atoms with Gasteiger partial charge in [0.1, 0.15) is 0 Å². The molecule has 1 amide bonds. The monoisotopic (exact) mass is 285 g/mol. The van der Waals surface area contributed by atoms with Gasteiger partial charge in [-0.15, -0.1) is 6.42 Å². The van der Waals surface area contributed by atoms with Crippen LogP contribution in [0.2, 0.25) is 0 Å². The van der Waals surface area contributed by atoms with Crippen LogP contribution in [0.1, 0.15) is 0 Å². The summed E-state index contributed by atoms with van der Waals surface area (Å²) in [4.78, 5) is 12.3. The van der Waals surface area contributed by atoms with Crippen molar-refractivity contribution in [3.05, 3.63) is 29.6 Å². The van der Waals surface area contributed by atoms with Gasteiger partial charge in [0.25, 0.3) is 5.91 Å². The fourth-order valence-corrected chi connectivity index (χ4v) is 5.33. The summed E-state index contributed by atoms with van der Waals surface area (Å²) in [5.74, 6) is 2.29. The summed E-state index contributed by atoms with van der Waals surface area (Å²) in [6.07, 6.45) is 5.08. The Bertz CT molecular complexity index is 434. The van der Waals surface area contributed by atoms with Crippen molar-refractivity contribution in [3.63, 3.8) is 0 Å². The number of hydrogen-bond acceptors (Lipinski definition) is 5. The molecule has 0 radical (unpaired) electrons. The third-order valence-electron chi connectivity index (χ3n) is 1.62. The van der Waals surface area contributed by atoms with E-state index in [1.807, 2.05) is 16.2 Å². The second kappa shape index (κ2) is 5.82. The molecule has 0 fully saturated rings. The van der Waals surface area contributed by atoms with Crippen molar-refractivity contribution in [2.24, 2.45) is 0 Å². The highest BCUT2D eigenvalue weighted by molar-refractivity contribution is 8.33. The molecule has 2 heterocycles. The molecule has 0 unspecified atom stereocenters. The first kappa shape index (κ1) is 12.1. The fraction of sp³-hybridized carbons (Fsp3) is 0.100. The molecule has 0 bridgehead atoms. The normalized spacial score (nSPS) is 18.6. The summed E-state index contributed by atoms with van der Waals surface area (Å²) in [6, 6.07) is 0. The summed E-state index contributed by atoms with van der Waals surface area (Å²) in [6.45, 7) is 0.276. The van der Waals surface area contributed by atoms with E-state index >= 15 is 0 Å². The van der Waals surface area contributed by atoms with Gasteiger partial charge in [-0.25, -0.2) is 0 Å². The van der Waals surface area contributed by atoms with Gasteiger partial charge in [0.15, 0.2) is 0 Å². The molecule has 2 nitrogen and oxygen atoms in total. The Balaban J connectivity index is 1.95. The molecule has 1 N–H and O–H groups in total. The zero-order valence-electron chi connectivity index (χ0n) is 8.06. The molecule has 0 aromatic carbocycles. The van der Waals surface area contributed by atoms with Crippen molar-refractivity contribution in [1.82, 2.24) is 5.32 Å². The summed E-state index contributed by atoms with van der Waals surface area (Å²) in [7, 11) is 0. The van der Waals surface area contributed by atoms with Crippen molar-refractivity contribution in [3.8, 4) is 12.3 Å². The Morgan fingerprint density at radius 1 is 1.31 bits per heavy atom. The predicted molar refractivity (Wildman–Crippen MR) is 76.5 cm³/mol. The first-order valence-electron chi connectivity index (χ1n) is 4.30. The fourth-order valence-electron chi connectivity index (χ4n) is 0.966. The number of thioether (sulfide) groups is 4. The molecule has 6 heteroatoms. The summed E-state index contributed by atoms with van der Waals surface area (Å²) in [5, 5.41) is 8.62. The Morgan fingerprint density at radius 2 is 2.06 bits per heavy atom.